The Kier molecular flexibility index (Phi) is 5.10. The number of likely N-dealkylation sites (tertiary alicyclic amines) is 1. The van der Waals surface area contributed by atoms with Crippen molar-refractivity contribution in [2.24, 2.45) is 5.41 Å². The predicted molar refractivity (Wildman–Crippen MR) is 145 cm³/mol. The van der Waals surface area contributed by atoms with E-state index in [4.69, 9.17) is 23.9 Å². The SMILES string of the molecule is Cc1ncc(-c2[nH]c3ncc4c(c3c2-c2ccc3c(c2)OCO3)[C@@]2(CCN(CC3(CC#N)COC3)C2)OC4)s1. The highest BCUT2D eigenvalue weighted by Crippen LogP contribution is 2.52. The smallest absolute Gasteiger partial charge is 0.231 e. The maximum atomic E-state index is 9.41. The number of nitriles is 1. The largest absolute Gasteiger partial charge is 0.454 e. The van der Waals surface area contributed by atoms with Crippen LogP contribution in [0.15, 0.2) is 30.6 Å². The second-order valence-corrected chi connectivity index (χ2v) is 12.4. The fourth-order valence-corrected chi connectivity index (χ4v) is 7.50. The van der Waals surface area contributed by atoms with E-state index in [9.17, 15) is 5.26 Å². The number of nitrogens with one attached hydrogen (secondary N) is 1. The number of H-pyrrole nitrogens is 1. The Hall–Kier alpha value is -3.49. The van der Waals surface area contributed by atoms with Crippen molar-refractivity contribution in [3.63, 3.8) is 0 Å². The Balaban J connectivity index is 1.28. The molecule has 3 aromatic heterocycles. The van der Waals surface area contributed by atoms with Crippen LogP contribution in [0.3, 0.4) is 0 Å². The summed E-state index contributed by atoms with van der Waals surface area (Å²) in [5, 5.41) is 11.5. The van der Waals surface area contributed by atoms with E-state index in [1.54, 1.807) is 11.3 Å². The Bertz CT molecular complexity index is 1670. The molecule has 9 nitrogen and oxygen atoms in total. The van der Waals surface area contributed by atoms with Gasteiger partial charge in [0.15, 0.2) is 11.5 Å². The maximum Gasteiger partial charge on any atom is 0.231 e. The monoisotopic (exact) mass is 541 g/mol. The summed E-state index contributed by atoms with van der Waals surface area (Å²) in [6.45, 7) is 6.65. The second-order valence-electron chi connectivity index (χ2n) is 11.1. The van der Waals surface area contributed by atoms with Gasteiger partial charge in [0.25, 0.3) is 0 Å². The highest BCUT2D eigenvalue weighted by atomic mass is 32.1. The number of thiazole rings is 1. The number of aryl methyl sites for hydroxylation is 1. The summed E-state index contributed by atoms with van der Waals surface area (Å²) in [5.41, 5.74) is 5.85. The van der Waals surface area contributed by atoms with Crippen LogP contribution >= 0.6 is 11.3 Å². The lowest BCUT2D eigenvalue weighted by Crippen LogP contribution is -2.50. The summed E-state index contributed by atoms with van der Waals surface area (Å²) in [4.78, 5) is 16.6. The first-order valence-corrected chi connectivity index (χ1v) is 14.1. The van der Waals surface area contributed by atoms with Gasteiger partial charge in [-0.2, -0.15) is 5.26 Å². The minimum Gasteiger partial charge on any atom is -0.454 e. The van der Waals surface area contributed by atoms with E-state index >= 15 is 0 Å². The van der Waals surface area contributed by atoms with Crippen LogP contribution in [0.5, 0.6) is 11.5 Å². The van der Waals surface area contributed by atoms with E-state index in [1.165, 1.54) is 5.56 Å². The molecule has 0 radical (unpaired) electrons. The molecule has 0 aliphatic carbocycles. The third kappa shape index (κ3) is 3.54. The maximum absolute atomic E-state index is 9.41. The molecular weight excluding hydrogens is 514 g/mol. The molecule has 1 spiro atoms. The van der Waals surface area contributed by atoms with Gasteiger partial charge in [0, 0.05) is 65.9 Å². The number of hydrogen-bond donors (Lipinski definition) is 1. The van der Waals surface area contributed by atoms with Gasteiger partial charge in [-0.05, 0) is 31.0 Å². The standard InChI is InChI=1S/C29H27N5O4S/c1-17-31-10-22(39-17)26-23(18-2-3-20-21(8-18)37-16-36-20)24-25-19(9-32-27(24)33-26)11-38-29(25)5-7-34(13-29)12-28(4-6-30)14-35-15-28/h2-3,8-10H,4-5,7,11-16H2,1H3,(H,32,33)/t29-/m0/s1. The number of hydrogen-bond acceptors (Lipinski definition) is 9. The number of aromatic amines is 1. The Morgan fingerprint density at radius 1 is 1.18 bits per heavy atom. The fraction of sp³-hybridized carbons (Fsp3) is 0.414. The number of rotatable bonds is 5. The first-order chi connectivity index (χ1) is 19.1. The van der Waals surface area contributed by atoms with Crippen LogP contribution in [0.1, 0.15) is 29.0 Å². The number of pyridine rings is 1. The number of aromatic nitrogens is 3. The van der Waals surface area contributed by atoms with E-state index in [2.05, 4.69) is 33.1 Å². The molecule has 39 heavy (non-hydrogen) atoms. The van der Waals surface area contributed by atoms with Crippen molar-refractivity contribution in [1.29, 1.82) is 5.26 Å². The summed E-state index contributed by atoms with van der Waals surface area (Å²) in [5.74, 6) is 1.51. The highest BCUT2D eigenvalue weighted by molar-refractivity contribution is 7.15. The topological polar surface area (TPSA) is 106 Å². The molecule has 4 aliphatic heterocycles. The summed E-state index contributed by atoms with van der Waals surface area (Å²) >= 11 is 1.66. The third-order valence-corrected chi connectivity index (χ3v) is 9.46. The molecule has 10 heteroatoms. The average Bonchev–Trinajstić information content (AvgIpc) is 3.73. The molecule has 0 unspecified atom stereocenters. The molecular formula is C29H27N5O4S. The molecule has 2 fully saturated rings. The van der Waals surface area contributed by atoms with E-state index < -0.39 is 5.60 Å². The first kappa shape index (κ1) is 23.4. The molecule has 0 bridgehead atoms. The molecule has 198 valence electrons. The zero-order valence-electron chi connectivity index (χ0n) is 21.6. The van der Waals surface area contributed by atoms with E-state index in [0.29, 0.717) is 26.2 Å². The van der Waals surface area contributed by atoms with Gasteiger partial charge in [0.2, 0.25) is 6.79 Å². The molecule has 1 N–H and O–H groups in total. The van der Waals surface area contributed by atoms with Crippen molar-refractivity contribution < 1.29 is 18.9 Å². The van der Waals surface area contributed by atoms with Crippen molar-refractivity contribution in [3.05, 3.63) is 46.7 Å². The van der Waals surface area contributed by atoms with Crippen LogP contribution in [0.25, 0.3) is 32.7 Å². The number of ether oxygens (including phenoxy) is 4. The normalized spacial score (nSPS) is 22.9. The van der Waals surface area contributed by atoms with Crippen molar-refractivity contribution >= 4 is 22.4 Å². The molecule has 2 saturated heterocycles. The average molecular weight is 542 g/mol. The van der Waals surface area contributed by atoms with Gasteiger partial charge < -0.3 is 23.9 Å². The first-order valence-electron chi connectivity index (χ1n) is 13.2. The number of fused-ring (bicyclic) bond motifs is 5. The lowest BCUT2D eigenvalue weighted by atomic mass is 9.82. The van der Waals surface area contributed by atoms with Crippen LogP contribution in [0.4, 0.5) is 0 Å². The molecule has 4 aromatic rings. The van der Waals surface area contributed by atoms with Crippen molar-refractivity contribution in [1.82, 2.24) is 19.9 Å². The Morgan fingerprint density at radius 2 is 2.08 bits per heavy atom. The molecule has 1 atom stereocenters. The Labute approximate surface area is 229 Å². The summed E-state index contributed by atoms with van der Waals surface area (Å²) in [6, 6.07) is 8.51. The minimum atomic E-state index is -0.427. The zero-order valence-corrected chi connectivity index (χ0v) is 22.4. The fourth-order valence-electron chi connectivity index (χ4n) is 6.71. The van der Waals surface area contributed by atoms with E-state index in [0.717, 1.165) is 80.9 Å². The van der Waals surface area contributed by atoms with Gasteiger partial charge in [0.1, 0.15) is 11.2 Å². The van der Waals surface area contributed by atoms with Crippen LogP contribution in [-0.2, 0) is 21.7 Å². The summed E-state index contributed by atoms with van der Waals surface area (Å²) in [6.07, 6.45) is 5.31. The lowest BCUT2D eigenvalue weighted by molar-refractivity contribution is -0.124. The van der Waals surface area contributed by atoms with Gasteiger partial charge in [-0.15, -0.1) is 11.3 Å². The summed E-state index contributed by atoms with van der Waals surface area (Å²) < 4.78 is 23.6. The van der Waals surface area contributed by atoms with Gasteiger partial charge >= 0.3 is 0 Å². The molecule has 0 saturated carbocycles. The van der Waals surface area contributed by atoms with Gasteiger partial charge in [0.05, 0.1) is 41.5 Å². The van der Waals surface area contributed by atoms with Crippen LogP contribution in [0, 0.1) is 23.7 Å². The highest BCUT2D eigenvalue weighted by Gasteiger charge is 2.50. The number of benzene rings is 1. The third-order valence-electron chi connectivity index (χ3n) is 8.53. The molecule has 7 heterocycles. The van der Waals surface area contributed by atoms with Gasteiger partial charge in [-0.1, -0.05) is 6.07 Å². The minimum absolute atomic E-state index is 0.0712. The molecule has 8 rings (SSSR count). The summed E-state index contributed by atoms with van der Waals surface area (Å²) in [7, 11) is 0. The van der Waals surface area contributed by atoms with Gasteiger partial charge in [-0.25, -0.2) is 9.97 Å². The van der Waals surface area contributed by atoms with Crippen molar-refractivity contribution in [2.75, 3.05) is 39.6 Å². The lowest BCUT2D eigenvalue weighted by Gasteiger charge is -2.42. The molecule has 0 amide bonds. The molecule has 4 aliphatic rings. The number of nitrogens with zero attached hydrogens (tertiary/aromatic N) is 4. The van der Waals surface area contributed by atoms with Crippen LogP contribution in [0.2, 0.25) is 0 Å². The van der Waals surface area contributed by atoms with Crippen molar-refractivity contribution in [2.45, 2.75) is 32.0 Å². The van der Waals surface area contributed by atoms with Gasteiger partial charge in [-0.3, -0.25) is 4.90 Å². The predicted octanol–water partition coefficient (Wildman–Crippen LogP) is 4.75. The molecule has 1 aromatic carbocycles. The Morgan fingerprint density at radius 3 is 2.87 bits per heavy atom. The quantitative estimate of drug-likeness (QED) is 0.386. The second kappa shape index (κ2) is 8.50. The van der Waals surface area contributed by atoms with E-state index in [1.807, 2.05) is 25.4 Å². The van der Waals surface area contributed by atoms with Crippen molar-refractivity contribution in [3.8, 4) is 39.3 Å². The van der Waals surface area contributed by atoms with Crippen LogP contribution < -0.4 is 9.47 Å². The zero-order chi connectivity index (χ0) is 26.2. The van der Waals surface area contributed by atoms with E-state index in [-0.39, 0.29) is 12.2 Å². The van der Waals surface area contributed by atoms with Crippen LogP contribution in [-0.4, -0.2) is 59.5 Å².